The van der Waals surface area contributed by atoms with Crippen molar-refractivity contribution in [3.8, 4) is 0 Å². The van der Waals surface area contributed by atoms with Crippen LogP contribution in [0.4, 0.5) is 0 Å². The van der Waals surface area contributed by atoms with E-state index in [1.54, 1.807) is 13.0 Å². The van der Waals surface area contributed by atoms with E-state index in [2.05, 4.69) is 52.6 Å². The molecule has 8 saturated heterocycles. The Labute approximate surface area is 758 Å². The molecule has 0 radical (unpaired) electrons. The zero-order chi connectivity index (χ0) is 96.2. The maximum Gasteiger partial charge on any atom is 0.333 e. The second kappa shape index (κ2) is 40.4. The van der Waals surface area contributed by atoms with Gasteiger partial charge in [-0.2, -0.15) is 0 Å². The van der Waals surface area contributed by atoms with E-state index >= 15 is 4.79 Å². The first-order chi connectivity index (χ1) is 61.3. The van der Waals surface area contributed by atoms with Gasteiger partial charge >= 0.3 is 11.9 Å². The molecule has 0 unspecified atom stereocenters. The van der Waals surface area contributed by atoms with E-state index in [1.165, 1.54) is 40.7 Å². The van der Waals surface area contributed by atoms with Gasteiger partial charge in [0.25, 0.3) is 0 Å². The fraction of sp³-hybridized carbons (Fsp3) is 0.898. The number of ether oxygens (including phenoxy) is 17. The van der Waals surface area contributed by atoms with Crippen molar-refractivity contribution in [1.29, 1.82) is 0 Å². The zero-order valence-electron chi connectivity index (χ0n) is 76.0. The van der Waals surface area contributed by atoms with Crippen LogP contribution in [0.3, 0.4) is 0 Å². The normalized spacial score (nSPS) is 51.0. The Bertz CT molecular complexity index is 3960. The standard InChI is InChI=1S/C88H141NO42/c1-15-84(11,131-78-66(111)59(104)51(96)34(3)117-78)22-16-17-33(2)72(113)124-49-27-88(81(114)130-80-71(62(107)55(100)42(29-91)122-80)129-77-67(112)69(127-76-65(110)60(105)54(99)41(28-90)120-76)68(36(5)119-77)126-75-64(109)56(101)43(30-92)121-75)39(25-82(49,7)8)38-18-19-46-85(12)23-21-48(83(9,10)45(85)20-24-86(46,13)87(38,14)26-47(88)95)125-73-50(89-37(6)93)58(103)57(102)44(123-73)32-116-79-70(61(106)52(97)35(4)118-79)128-74-63(108)53(98)40(94)31-115-74/h15,17-18,34-36,39-71,73-80,90-92,94-112H,1,16,19-32H2,2-14H3,(H,89,93)/b33-17+/t34-,35-,36+,39+,40-,41-,42-,43+,44-,45+,46-,47-,48+,49+,50-,51-,52+,53+,54-,55-,56+,57-,58-,59+,60+,61+,62+,63-,64-,65-,66-,67-,68+,69+,70-,71-,73+,74+,75+,76+,77+,78+,79-,80+,84-,85+,86-,87-,88-/m1/s1. The molecule has 23 N–H and O–H groups in total. The SMILES string of the molecule is C=C[C@](C)(CC/C=C(\C)C(=O)O[C@H]1C[C@]2(C(=O)O[C@@H]3O[C@H](CO)[C@@H](O)[C@H](O)[C@H]3O[C@@H]3O[C@@H](C)[C@H](O[C@@H]4O[C@@H](CO)[C@H](O)[C@H]4O)[C@@H](O[C@@H]4O[C@H](CO)[C@@H](O)[C@H](O)[C@H]4O)[C@H]3O)[C@H](O)C[C@]3(C)C(=CC[C@@H]4[C@@]5(C)CC[C@H](O[C@@H]6O[C@H](CO[C@@H]7O[C@H](C)[C@H](O)[C@H](O)[C@H]7O[C@@H]7OC[C@@H](O)[C@H](O)[C@H]7O)[C@@H](O)[C@H](O)[C@H]6NC(C)=O)C(C)(C)[C@@H]5CC[C@]43C)[C@@H]2CC1(C)C)O[C@@H]1O[C@H](C)[C@@H](O)[C@H](O)[C@H]1O. The summed E-state index contributed by atoms with van der Waals surface area (Å²) in [5, 5.41) is 248. The van der Waals surface area contributed by atoms with E-state index in [-0.39, 0.29) is 43.1 Å². The van der Waals surface area contributed by atoms with Gasteiger partial charge in [0.15, 0.2) is 50.1 Å². The quantitative estimate of drug-likeness (QED) is 0.0158. The smallest absolute Gasteiger partial charge is 0.333 e. The number of fused-ring (bicyclic) bond motifs is 7. The van der Waals surface area contributed by atoms with Gasteiger partial charge in [0.05, 0.1) is 69.2 Å². The van der Waals surface area contributed by atoms with Crippen molar-refractivity contribution in [2.45, 2.75) is 412 Å². The number of hydrogen-bond donors (Lipinski definition) is 23. The third kappa shape index (κ3) is 19.5. The van der Waals surface area contributed by atoms with Crippen molar-refractivity contribution in [2.75, 3.05) is 33.0 Å². The molecular formula is C88H141NO42. The average molecular weight is 1890 g/mol. The van der Waals surface area contributed by atoms with Crippen LogP contribution in [0.25, 0.3) is 0 Å². The number of aliphatic hydroxyl groups is 22. The van der Waals surface area contributed by atoms with Gasteiger partial charge in [-0.05, 0) is 132 Å². The number of carbonyl (C=O) groups is 3. The van der Waals surface area contributed by atoms with Gasteiger partial charge in [-0.3, -0.25) is 9.59 Å². The lowest BCUT2D eigenvalue weighted by atomic mass is 9.33. The molecule has 0 spiro atoms. The minimum atomic E-state index is -2.26. The molecule has 8 aliphatic heterocycles. The molecule has 13 rings (SSSR count). The first kappa shape index (κ1) is 105. The van der Waals surface area contributed by atoms with Gasteiger partial charge in [-0.1, -0.05) is 72.3 Å². The Kier molecular flexibility index (Phi) is 32.2. The first-order valence-electron chi connectivity index (χ1n) is 45.6. The van der Waals surface area contributed by atoms with E-state index in [0.717, 1.165) is 5.57 Å². The van der Waals surface area contributed by atoms with Crippen LogP contribution >= 0.6 is 0 Å². The molecule has 750 valence electrons. The molecule has 0 bridgehead atoms. The highest BCUT2D eigenvalue weighted by molar-refractivity contribution is 5.88. The van der Waals surface area contributed by atoms with Crippen LogP contribution in [0.5, 0.6) is 0 Å². The summed E-state index contributed by atoms with van der Waals surface area (Å²) in [5.74, 6) is -3.93. The number of allylic oxidation sites excluding steroid dienone is 3. The van der Waals surface area contributed by atoms with Crippen LogP contribution in [0.1, 0.15) is 154 Å². The van der Waals surface area contributed by atoms with Gasteiger partial charge in [-0.15, -0.1) is 6.58 Å². The van der Waals surface area contributed by atoms with Crippen molar-refractivity contribution < 1.29 is 207 Å². The molecule has 43 heteroatoms. The molecule has 0 aromatic heterocycles. The lowest BCUT2D eigenvalue weighted by molar-refractivity contribution is -0.390. The molecule has 43 nitrogen and oxygen atoms in total. The largest absolute Gasteiger partial charge is 0.458 e. The molecule has 12 fully saturated rings. The second-order valence-electron chi connectivity index (χ2n) is 40.8. The highest BCUT2D eigenvalue weighted by Gasteiger charge is 2.74. The lowest BCUT2D eigenvalue weighted by Crippen LogP contribution is -2.70. The molecule has 4 saturated carbocycles. The molecular weight excluding hydrogens is 1740 g/mol. The number of carbonyl (C=O) groups excluding carboxylic acids is 3. The van der Waals surface area contributed by atoms with Gasteiger partial charge in [0.1, 0.15) is 170 Å². The van der Waals surface area contributed by atoms with Crippen molar-refractivity contribution >= 4 is 17.8 Å². The fourth-order valence-electron chi connectivity index (χ4n) is 23.4. The molecule has 8 heterocycles. The maximum absolute atomic E-state index is 16.7. The van der Waals surface area contributed by atoms with Gasteiger partial charge < -0.3 is 198 Å². The number of esters is 2. The van der Waals surface area contributed by atoms with Gasteiger partial charge in [0, 0.05) is 24.3 Å². The summed E-state index contributed by atoms with van der Waals surface area (Å²) < 4.78 is 104. The number of hydrogen-bond acceptors (Lipinski definition) is 42. The molecule has 49 atom stereocenters. The lowest BCUT2D eigenvalue weighted by Gasteiger charge is -2.72. The highest BCUT2D eigenvalue weighted by Crippen LogP contribution is 2.76. The molecule has 131 heavy (non-hydrogen) atoms. The van der Waals surface area contributed by atoms with E-state index in [9.17, 15) is 122 Å². The van der Waals surface area contributed by atoms with E-state index in [1.807, 2.05) is 13.8 Å². The van der Waals surface area contributed by atoms with E-state index < -0.39 is 353 Å². The Balaban J connectivity index is 0.794. The number of aliphatic hydroxyl groups excluding tert-OH is 22. The van der Waals surface area contributed by atoms with Crippen LogP contribution in [0.2, 0.25) is 0 Å². The summed E-state index contributed by atoms with van der Waals surface area (Å²) in [6.45, 7) is 23.1. The Hall–Kier alpha value is -3.85. The summed E-state index contributed by atoms with van der Waals surface area (Å²) in [7, 11) is 0. The van der Waals surface area contributed by atoms with E-state index in [0.29, 0.717) is 32.1 Å². The predicted octanol–water partition coefficient (Wildman–Crippen LogP) is -6.08. The molecule has 0 aromatic rings. The molecule has 5 aliphatic carbocycles. The topological polar surface area (TPSA) is 665 Å². The zero-order valence-corrected chi connectivity index (χ0v) is 76.0. The summed E-state index contributed by atoms with van der Waals surface area (Å²) in [5.41, 5.74) is -6.57. The molecule has 0 aromatic carbocycles. The van der Waals surface area contributed by atoms with E-state index in [4.69, 9.17) is 80.5 Å². The third-order valence-electron chi connectivity index (χ3n) is 31.8. The van der Waals surface area contributed by atoms with Crippen molar-refractivity contribution in [2.24, 2.45) is 50.2 Å². The average Bonchev–Trinajstić information content (AvgIpc) is 0.697. The highest BCUT2D eigenvalue weighted by atomic mass is 16.8. The van der Waals surface area contributed by atoms with Crippen LogP contribution < -0.4 is 5.32 Å². The van der Waals surface area contributed by atoms with Crippen LogP contribution in [0.15, 0.2) is 36.0 Å². The summed E-state index contributed by atoms with van der Waals surface area (Å²) in [4.78, 5) is 44.6. The maximum atomic E-state index is 16.7. The van der Waals surface area contributed by atoms with Crippen molar-refractivity contribution in [1.82, 2.24) is 5.32 Å². The van der Waals surface area contributed by atoms with Gasteiger partial charge in [-0.25, -0.2) is 4.79 Å². The summed E-state index contributed by atoms with van der Waals surface area (Å²) in [6, 6.07) is -1.36. The van der Waals surface area contributed by atoms with Crippen LogP contribution in [-0.2, 0) is 94.9 Å². The third-order valence-corrected chi connectivity index (χ3v) is 31.8. The summed E-state index contributed by atoms with van der Waals surface area (Å²) in [6.07, 6.45) is -60.2. The Morgan fingerprint density at radius 2 is 1.02 bits per heavy atom. The minimum absolute atomic E-state index is 0.0202. The molecule has 13 aliphatic rings. The number of rotatable bonds is 27. The number of amides is 1. The second-order valence-corrected chi connectivity index (χ2v) is 40.8. The van der Waals surface area contributed by atoms with Gasteiger partial charge in [0.2, 0.25) is 12.2 Å². The van der Waals surface area contributed by atoms with Crippen molar-refractivity contribution in [3.05, 3.63) is 36.0 Å². The first-order valence-corrected chi connectivity index (χ1v) is 45.6. The van der Waals surface area contributed by atoms with Crippen LogP contribution in [-0.4, -0.2) is 421 Å². The monoisotopic (exact) mass is 1880 g/mol. The summed E-state index contributed by atoms with van der Waals surface area (Å²) >= 11 is 0. The minimum Gasteiger partial charge on any atom is -0.458 e. The number of nitrogens with one attached hydrogen (secondary N) is 1. The Morgan fingerprint density at radius 3 is 1.64 bits per heavy atom. The fourth-order valence-corrected chi connectivity index (χ4v) is 23.4. The Morgan fingerprint density at radius 1 is 0.504 bits per heavy atom. The predicted molar refractivity (Wildman–Crippen MR) is 439 cm³/mol. The molecule has 1 amide bonds. The van der Waals surface area contributed by atoms with Crippen molar-refractivity contribution in [3.63, 3.8) is 0 Å². The van der Waals surface area contributed by atoms with Crippen LogP contribution in [0, 0.1) is 50.2 Å².